The van der Waals surface area contributed by atoms with Gasteiger partial charge in [0.1, 0.15) is 0 Å². The molecular weight excluding hydrogens is 172 g/mol. The minimum atomic E-state index is 0.320. The number of anilines is 1. The second kappa shape index (κ2) is 3.62. The lowest BCUT2D eigenvalue weighted by Gasteiger charge is -2.21. The van der Waals surface area contributed by atoms with Crippen molar-refractivity contribution in [2.75, 3.05) is 18.5 Å². The van der Waals surface area contributed by atoms with Crippen LogP contribution in [0.1, 0.15) is 17.5 Å². The first-order chi connectivity index (χ1) is 6.68. The van der Waals surface area contributed by atoms with Crippen LogP contribution >= 0.6 is 0 Å². The Morgan fingerprint density at radius 2 is 2.21 bits per heavy atom. The predicted molar refractivity (Wildman–Crippen MR) is 60.7 cm³/mol. The molecule has 2 rings (SSSR count). The third-order valence-corrected chi connectivity index (χ3v) is 3.02. The summed E-state index contributed by atoms with van der Waals surface area (Å²) >= 11 is 0. The summed E-state index contributed by atoms with van der Waals surface area (Å²) in [6.07, 6.45) is 2.10. The molecule has 0 spiro atoms. The molecule has 0 saturated heterocycles. The summed E-state index contributed by atoms with van der Waals surface area (Å²) in [5, 5.41) is 0. The van der Waals surface area contributed by atoms with Gasteiger partial charge >= 0.3 is 0 Å². The first-order valence-electron chi connectivity index (χ1n) is 5.23. The van der Waals surface area contributed by atoms with Crippen molar-refractivity contribution in [3.05, 3.63) is 29.3 Å². The van der Waals surface area contributed by atoms with Crippen molar-refractivity contribution in [1.29, 1.82) is 0 Å². The van der Waals surface area contributed by atoms with Crippen molar-refractivity contribution in [2.45, 2.75) is 25.8 Å². The topological polar surface area (TPSA) is 29.3 Å². The van der Waals surface area contributed by atoms with E-state index in [1.807, 2.05) is 0 Å². The van der Waals surface area contributed by atoms with Crippen LogP contribution in [0.2, 0.25) is 0 Å². The van der Waals surface area contributed by atoms with Gasteiger partial charge in [-0.05, 0) is 30.9 Å². The summed E-state index contributed by atoms with van der Waals surface area (Å²) in [5.74, 6) is 0. The number of nitrogens with two attached hydrogens (primary N) is 1. The summed E-state index contributed by atoms with van der Waals surface area (Å²) < 4.78 is 0. The number of para-hydroxylation sites is 1. The molecule has 2 nitrogen and oxygen atoms in total. The molecule has 2 heteroatoms. The zero-order valence-corrected chi connectivity index (χ0v) is 8.96. The molecule has 76 valence electrons. The number of nitrogens with zero attached hydrogens (tertiary/aromatic N) is 1. The molecule has 0 fully saturated rings. The largest absolute Gasteiger partial charge is 0.374 e. The van der Waals surface area contributed by atoms with E-state index in [1.165, 1.54) is 16.8 Å². The zero-order chi connectivity index (χ0) is 10.1. The van der Waals surface area contributed by atoms with Crippen LogP contribution < -0.4 is 10.6 Å². The van der Waals surface area contributed by atoms with Crippen LogP contribution in [0.4, 0.5) is 5.69 Å². The summed E-state index contributed by atoms with van der Waals surface area (Å²) in [4.78, 5) is 2.33. The van der Waals surface area contributed by atoms with E-state index in [2.05, 4.69) is 37.1 Å². The predicted octanol–water partition coefficient (Wildman–Crippen LogP) is 1.70. The highest BCUT2D eigenvalue weighted by Gasteiger charge is 2.17. The van der Waals surface area contributed by atoms with Gasteiger partial charge < -0.3 is 10.6 Å². The van der Waals surface area contributed by atoms with Crippen molar-refractivity contribution in [2.24, 2.45) is 5.73 Å². The van der Waals surface area contributed by atoms with E-state index in [-0.39, 0.29) is 0 Å². The maximum atomic E-state index is 6.04. The van der Waals surface area contributed by atoms with Gasteiger partial charge in [0, 0.05) is 25.3 Å². The van der Waals surface area contributed by atoms with Crippen molar-refractivity contribution >= 4 is 5.69 Å². The number of benzene rings is 1. The van der Waals surface area contributed by atoms with E-state index in [1.54, 1.807) is 0 Å². The lowest BCUT2D eigenvalue weighted by atomic mass is 10.0. The van der Waals surface area contributed by atoms with Gasteiger partial charge in [0.05, 0.1) is 0 Å². The Kier molecular flexibility index (Phi) is 2.46. The molecule has 14 heavy (non-hydrogen) atoms. The number of hydrogen-bond acceptors (Lipinski definition) is 2. The minimum absolute atomic E-state index is 0.320. The van der Waals surface area contributed by atoms with Gasteiger partial charge in [0.25, 0.3) is 0 Å². The SMILES string of the molecule is Cc1cccc2c1N(C)CCC(N)C2. The second-order valence-corrected chi connectivity index (χ2v) is 4.26. The quantitative estimate of drug-likeness (QED) is 0.674. The molecule has 0 radical (unpaired) electrons. The number of fused-ring (bicyclic) bond motifs is 1. The van der Waals surface area contributed by atoms with E-state index in [0.717, 1.165) is 19.4 Å². The number of rotatable bonds is 0. The van der Waals surface area contributed by atoms with Crippen LogP contribution in [0.15, 0.2) is 18.2 Å². The van der Waals surface area contributed by atoms with Crippen LogP contribution in [-0.4, -0.2) is 19.6 Å². The molecule has 0 bridgehead atoms. The van der Waals surface area contributed by atoms with Gasteiger partial charge in [-0.3, -0.25) is 0 Å². The van der Waals surface area contributed by atoms with E-state index in [9.17, 15) is 0 Å². The third-order valence-electron chi connectivity index (χ3n) is 3.02. The Hall–Kier alpha value is -1.02. The molecule has 1 atom stereocenters. The maximum absolute atomic E-state index is 6.04. The molecule has 1 heterocycles. The molecule has 1 aliphatic heterocycles. The number of hydrogen-bond donors (Lipinski definition) is 1. The highest BCUT2D eigenvalue weighted by Crippen LogP contribution is 2.28. The van der Waals surface area contributed by atoms with Gasteiger partial charge in [-0.2, -0.15) is 0 Å². The van der Waals surface area contributed by atoms with Crippen LogP contribution in [0, 0.1) is 6.92 Å². The van der Waals surface area contributed by atoms with Gasteiger partial charge in [0.15, 0.2) is 0 Å². The Labute approximate surface area is 85.7 Å². The van der Waals surface area contributed by atoms with Crippen LogP contribution in [0.3, 0.4) is 0 Å². The lowest BCUT2D eigenvalue weighted by Crippen LogP contribution is -2.25. The van der Waals surface area contributed by atoms with Crippen molar-refractivity contribution in [3.8, 4) is 0 Å². The average molecular weight is 190 g/mol. The molecule has 0 aromatic heterocycles. The third kappa shape index (κ3) is 1.62. The maximum Gasteiger partial charge on any atom is 0.0426 e. The normalized spacial score (nSPS) is 21.6. The molecule has 0 aliphatic carbocycles. The van der Waals surface area contributed by atoms with Crippen LogP contribution in [0.25, 0.3) is 0 Å². The molecular formula is C12H18N2. The Morgan fingerprint density at radius 3 is 3.00 bits per heavy atom. The van der Waals surface area contributed by atoms with Crippen molar-refractivity contribution < 1.29 is 0 Å². The Bertz CT molecular complexity index is 333. The summed E-state index contributed by atoms with van der Waals surface area (Å²) in [7, 11) is 2.16. The minimum Gasteiger partial charge on any atom is -0.374 e. The van der Waals surface area contributed by atoms with Gasteiger partial charge in [-0.15, -0.1) is 0 Å². The first-order valence-corrected chi connectivity index (χ1v) is 5.23. The zero-order valence-electron chi connectivity index (χ0n) is 8.96. The fraction of sp³-hybridized carbons (Fsp3) is 0.500. The van der Waals surface area contributed by atoms with Crippen molar-refractivity contribution in [1.82, 2.24) is 0 Å². The first kappa shape index (κ1) is 9.53. The fourth-order valence-electron chi connectivity index (χ4n) is 2.29. The molecule has 1 aromatic rings. The highest BCUT2D eigenvalue weighted by molar-refractivity contribution is 5.59. The second-order valence-electron chi connectivity index (χ2n) is 4.26. The summed E-state index contributed by atoms with van der Waals surface area (Å²) in [6, 6.07) is 6.82. The Morgan fingerprint density at radius 1 is 1.43 bits per heavy atom. The number of aryl methyl sites for hydroxylation is 1. The molecule has 1 unspecified atom stereocenters. The molecule has 1 aliphatic rings. The highest BCUT2D eigenvalue weighted by atomic mass is 15.1. The summed E-state index contributed by atoms with van der Waals surface area (Å²) in [5.41, 5.74) is 10.2. The van der Waals surface area contributed by atoms with Gasteiger partial charge in [-0.25, -0.2) is 0 Å². The van der Waals surface area contributed by atoms with Crippen molar-refractivity contribution in [3.63, 3.8) is 0 Å². The van der Waals surface area contributed by atoms with Gasteiger partial charge in [-0.1, -0.05) is 18.2 Å². The van der Waals surface area contributed by atoms with E-state index in [0.29, 0.717) is 6.04 Å². The molecule has 1 aromatic carbocycles. The molecule has 0 saturated carbocycles. The smallest absolute Gasteiger partial charge is 0.0426 e. The lowest BCUT2D eigenvalue weighted by molar-refractivity contribution is 0.627. The summed E-state index contributed by atoms with van der Waals surface area (Å²) in [6.45, 7) is 3.24. The standard InChI is InChI=1S/C12H18N2/c1-9-4-3-5-10-8-11(13)6-7-14(2)12(9)10/h3-5,11H,6-8,13H2,1-2H3. The molecule has 0 amide bonds. The van der Waals surface area contributed by atoms with E-state index >= 15 is 0 Å². The van der Waals surface area contributed by atoms with Crippen LogP contribution in [-0.2, 0) is 6.42 Å². The Balaban J connectivity index is 2.46. The fourth-order valence-corrected chi connectivity index (χ4v) is 2.29. The van der Waals surface area contributed by atoms with E-state index < -0.39 is 0 Å². The van der Waals surface area contributed by atoms with E-state index in [4.69, 9.17) is 5.73 Å². The van der Waals surface area contributed by atoms with Crippen LogP contribution in [0.5, 0.6) is 0 Å². The monoisotopic (exact) mass is 190 g/mol. The van der Waals surface area contributed by atoms with Gasteiger partial charge in [0.2, 0.25) is 0 Å². The molecule has 2 N–H and O–H groups in total. The average Bonchev–Trinajstić information content (AvgIpc) is 2.27.